The third-order valence-electron chi connectivity index (χ3n) is 1.87. The van der Waals surface area contributed by atoms with Gasteiger partial charge in [0.25, 0.3) is 0 Å². The molecule has 1 aromatic rings. The van der Waals surface area contributed by atoms with Crippen molar-refractivity contribution in [2.75, 3.05) is 0 Å². The molecular weight excluding hydrogens is 209 g/mol. The molecular formula is C9H8F3N2O-. The van der Waals surface area contributed by atoms with E-state index < -0.39 is 12.2 Å². The van der Waals surface area contributed by atoms with Crippen molar-refractivity contribution in [2.24, 2.45) is 10.4 Å². The quantitative estimate of drug-likeness (QED) is 0.552. The van der Waals surface area contributed by atoms with Crippen LogP contribution in [0.3, 0.4) is 0 Å². The summed E-state index contributed by atoms with van der Waals surface area (Å²) in [7, 11) is 0. The zero-order valence-corrected chi connectivity index (χ0v) is 7.82. The van der Waals surface area contributed by atoms with Crippen LogP contribution in [0.5, 0.6) is 0 Å². The van der Waals surface area contributed by atoms with Gasteiger partial charge < -0.3 is 5.21 Å². The zero-order valence-electron chi connectivity index (χ0n) is 7.82. The minimum absolute atomic E-state index is 0.0901. The van der Waals surface area contributed by atoms with Crippen LogP contribution in [0.4, 0.5) is 13.2 Å². The van der Waals surface area contributed by atoms with E-state index in [-0.39, 0.29) is 5.56 Å². The second-order valence-electron chi connectivity index (χ2n) is 3.05. The Labute approximate surface area is 84.2 Å². The van der Waals surface area contributed by atoms with E-state index >= 15 is 0 Å². The van der Waals surface area contributed by atoms with Crippen molar-refractivity contribution < 1.29 is 13.2 Å². The fraction of sp³-hybridized carbons (Fsp3) is 0.333. The van der Waals surface area contributed by atoms with Gasteiger partial charge in [0.15, 0.2) is 6.04 Å². The van der Waals surface area contributed by atoms with Gasteiger partial charge in [0.1, 0.15) is 0 Å². The maximum absolute atomic E-state index is 12.4. The molecule has 82 valence electrons. The van der Waals surface area contributed by atoms with E-state index in [2.05, 4.69) is 5.11 Å². The number of hydrogen-bond acceptors (Lipinski definition) is 3. The SMILES string of the molecule is Cc1ccc(C(N=N[O-])C(F)(F)F)cc1. The summed E-state index contributed by atoms with van der Waals surface area (Å²) in [5, 5.41) is 14.4. The van der Waals surface area contributed by atoms with Crippen LogP contribution < -0.4 is 0 Å². The maximum atomic E-state index is 12.4. The van der Waals surface area contributed by atoms with E-state index in [9.17, 15) is 18.4 Å². The van der Waals surface area contributed by atoms with Crippen molar-refractivity contribution in [3.05, 3.63) is 40.6 Å². The highest BCUT2D eigenvalue weighted by atomic mass is 19.4. The van der Waals surface area contributed by atoms with Gasteiger partial charge in [-0.1, -0.05) is 29.8 Å². The number of aryl methyl sites for hydroxylation is 1. The Hall–Kier alpha value is -1.59. The Morgan fingerprint density at radius 1 is 1.20 bits per heavy atom. The first-order valence-electron chi connectivity index (χ1n) is 4.11. The van der Waals surface area contributed by atoms with E-state index in [0.29, 0.717) is 0 Å². The van der Waals surface area contributed by atoms with Crippen LogP contribution in [0.25, 0.3) is 0 Å². The molecule has 0 saturated carbocycles. The largest absolute Gasteiger partial charge is 0.775 e. The highest BCUT2D eigenvalue weighted by Crippen LogP contribution is 2.36. The van der Waals surface area contributed by atoms with Gasteiger partial charge in [-0.25, -0.2) is 5.28 Å². The lowest BCUT2D eigenvalue weighted by Crippen LogP contribution is -2.18. The fourth-order valence-corrected chi connectivity index (χ4v) is 1.12. The molecule has 0 radical (unpaired) electrons. The van der Waals surface area contributed by atoms with Crippen LogP contribution in [0.15, 0.2) is 34.7 Å². The normalized spacial score (nSPS) is 14.4. The third-order valence-corrected chi connectivity index (χ3v) is 1.87. The van der Waals surface area contributed by atoms with E-state index in [1.54, 1.807) is 6.92 Å². The fourth-order valence-electron chi connectivity index (χ4n) is 1.12. The number of benzene rings is 1. The number of halogens is 3. The molecule has 3 nitrogen and oxygen atoms in total. The summed E-state index contributed by atoms with van der Waals surface area (Å²) < 4.78 is 37.2. The Kier molecular flexibility index (Phi) is 3.28. The summed E-state index contributed by atoms with van der Waals surface area (Å²) in [6, 6.07) is 3.43. The van der Waals surface area contributed by atoms with E-state index in [0.717, 1.165) is 5.56 Å². The van der Waals surface area contributed by atoms with Crippen molar-refractivity contribution in [1.29, 1.82) is 0 Å². The van der Waals surface area contributed by atoms with Crippen molar-refractivity contribution in [1.82, 2.24) is 0 Å². The predicted molar refractivity (Wildman–Crippen MR) is 48.2 cm³/mol. The van der Waals surface area contributed by atoms with Gasteiger partial charge in [-0.2, -0.15) is 18.3 Å². The van der Waals surface area contributed by atoms with Crippen molar-refractivity contribution in [3.8, 4) is 0 Å². The first kappa shape index (κ1) is 11.5. The molecule has 0 spiro atoms. The van der Waals surface area contributed by atoms with Gasteiger partial charge in [-0.15, -0.1) is 0 Å². The van der Waals surface area contributed by atoms with Crippen LogP contribution in [-0.2, 0) is 0 Å². The molecule has 0 aliphatic heterocycles. The lowest BCUT2D eigenvalue weighted by molar-refractivity contribution is -0.149. The highest BCUT2D eigenvalue weighted by Gasteiger charge is 2.41. The second kappa shape index (κ2) is 4.29. The van der Waals surface area contributed by atoms with Gasteiger partial charge >= 0.3 is 6.18 Å². The maximum Gasteiger partial charge on any atom is 0.416 e. The Morgan fingerprint density at radius 3 is 2.13 bits per heavy atom. The Balaban J connectivity index is 3.05. The van der Waals surface area contributed by atoms with E-state index in [4.69, 9.17) is 0 Å². The lowest BCUT2D eigenvalue weighted by Gasteiger charge is -2.16. The molecule has 0 fully saturated rings. The van der Waals surface area contributed by atoms with Crippen LogP contribution in [-0.4, -0.2) is 6.18 Å². The molecule has 0 aromatic heterocycles. The summed E-state index contributed by atoms with van der Waals surface area (Å²) >= 11 is 0. The van der Waals surface area contributed by atoms with E-state index in [1.165, 1.54) is 24.3 Å². The standard InChI is InChI=1S/C9H9F3N2O/c1-6-2-4-7(5-3-6)8(13-14-15)9(10,11)12/h2-5,8H,1H3,(H,13,15)/p-1. The minimum Gasteiger partial charge on any atom is -0.775 e. The van der Waals surface area contributed by atoms with Crippen LogP contribution in [0.1, 0.15) is 17.2 Å². The lowest BCUT2D eigenvalue weighted by atomic mass is 10.1. The predicted octanol–water partition coefficient (Wildman–Crippen LogP) is 3.55. The molecule has 1 aromatic carbocycles. The molecule has 0 N–H and O–H groups in total. The van der Waals surface area contributed by atoms with Gasteiger partial charge in [0.05, 0.1) is 0 Å². The van der Waals surface area contributed by atoms with Crippen molar-refractivity contribution in [2.45, 2.75) is 19.1 Å². The van der Waals surface area contributed by atoms with Crippen LogP contribution in [0, 0.1) is 12.1 Å². The van der Waals surface area contributed by atoms with Crippen molar-refractivity contribution in [3.63, 3.8) is 0 Å². The highest BCUT2D eigenvalue weighted by molar-refractivity contribution is 5.25. The Bertz CT molecular complexity index is 345. The molecule has 0 bridgehead atoms. The summed E-state index contributed by atoms with van der Waals surface area (Å²) in [4.78, 5) is 0. The van der Waals surface area contributed by atoms with Gasteiger partial charge in [0.2, 0.25) is 0 Å². The summed E-state index contributed by atoms with van der Waals surface area (Å²) in [5.74, 6) is 0. The molecule has 0 aliphatic rings. The van der Waals surface area contributed by atoms with E-state index in [1.807, 2.05) is 5.28 Å². The first-order chi connectivity index (χ1) is 6.95. The first-order valence-corrected chi connectivity index (χ1v) is 4.11. The molecule has 6 heteroatoms. The minimum atomic E-state index is -4.59. The average Bonchev–Trinajstić information content (AvgIpc) is 2.14. The van der Waals surface area contributed by atoms with Gasteiger partial charge in [0, 0.05) is 0 Å². The topological polar surface area (TPSA) is 47.8 Å². The summed E-state index contributed by atoms with van der Waals surface area (Å²) in [6.07, 6.45) is -4.59. The smallest absolute Gasteiger partial charge is 0.416 e. The van der Waals surface area contributed by atoms with Crippen molar-refractivity contribution >= 4 is 0 Å². The molecule has 15 heavy (non-hydrogen) atoms. The molecule has 1 atom stereocenters. The number of nitrogens with zero attached hydrogens (tertiary/aromatic N) is 2. The number of alkyl halides is 3. The van der Waals surface area contributed by atoms with Gasteiger partial charge in [-0.05, 0) is 12.5 Å². The number of hydrogen-bond donors (Lipinski definition) is 0. The second-order valence-corrected chi connectivity index (χ2v) is 3.05. The third kappa shape index (κ3) is 2.93. The molecule has 1 unspecified atom stereocenters. The molecule has 0 saturated heterocycles. The zero-order chi connectivity index (χ0) is 11.5. The van der Waals surface area contributed by atoms with Crippen LogP contribution in [0.2, 0.25) is 0 Å². The Morgan fingerprint density at radius 2 is 1.73 bits per heavy atom. The van der Waals surface area contributed by atoms with Gasteiger partial charge in [-0.3, -0.25) is 0 Å². The van der Waals surface area contributed by atoms with Crippen LogP contribution >= 0.6 is 0 Å². The molecule has 0 amide bonds. The molecule has 1 rings (SSSR count). The number of rotatable bonds is 2. The molecule has 0 heterocycles. The average molecular weight is 217 g/mol. The molecule has 0 aliphatic carbocycles. The summed E-state index contributed by atoms with van der Waals surface area (Å²) in [6.45, 7) is 1.75. The summed E-state index contributed by atoms with van der Waals surface area (Å²) in [5.41, 5.74) is 0.742. The monoisotopic (exact) mass is 217 g/mol.